The number of hydrogen-bond donors (Lipinski definition) is 1. The Kier molecular flexibility index (Phi) is 4.03. The van der Waals surface area contributed by atoms with E-state index in [4.69, 9.17) is 21.1 Å². The molecule has 5 aromatic rings. The van der Waals surface area contributed by atoms with E-state index in [-0.39, 0.29) is 11.9 Å². The van der Waals surface area contributed by atoms with Gasteiger partial charge in [-0.25, -0.2) is 13.9 Å². The van der Waals surface area contributed by atoms with Crippen molar-refractivity contribution < 1.29 is 8.81 Å². The van der Waals surface area contributed by atoms with Crippen LogP contribution < -0.4 is 4.90 Å². The molecule has 1 aromatic carbocycles. The number of anilines is 1. The van der Waals surface area contributed by atoms with E-state index < -0.39 is 0 Å². The third-order valence-electron chi connectivity index (χ3n) is 5.42. The monoisotopic (exact) mass is 435 g/mol. The predicted octanol–water partition coefficient (Wildman–Crippen LogP) is 4.05. The maximum Gasteiger partial charge on any atom is 0.319 e. The van der Waals surface area contributed by atoms with Gasteiger partial charge in [0.25, 0.3) is 0 Å². The third kappa shape index (κ3) is 2.97. The summed E-state index contributed by atoms with van der Waals surface area (Å²) in [4.78, 5) is 9.74. The highest BCUT2D eigenvalue weighted by Crippen LogP contribution is 2.37. The zero-order chi connectivity index (χ0) is 20.9. The molecule has 1 atom stereocenters. The number of nitrogens with zero attached hydrogens (tertiary/aromatic N) is 6. The summed E-state index contributed by atoms with van der Waals surface area (Å²) in [7, 11) is 0. The van der Waals surface area contributed by atoms with Gasteiger partial charge in [-0.1, -0.05) is 22.8 Å². The fraction of sp³-hybridized carbons (Fsp3) is 0.143. The normalized spacial score (nSPS) is 16.1. The zero-order valence-electron chi connectivity index (χ0n) is 16.0. The van der Waals surface area contributed by atoms with Crippen LogP contribution in [0, 0.1) is 5.82 Å². The van der Waals surface area contributed by atoms with Crippen molar-refractivity contribution in [3.05, 3.63) is 82.9 Å². The molecule has 6 rings (SSSR count). The predicted molar refractivity (Wildman–Crippen MR) is 111 cm³/mol. The van der Waals surface area contributed by atoms with Gasteiger partial charge in [-0.2, -0.15) is 5.10 Å². The van der Waals surface area contributed by atoms with Gasteiger partial charge in [0.05, 0.1) is 23.2 Å². The van der Waals surface area contributed by atoms with E-state index in [1.165, 1.54) is 12.1 Å². The summed E-state index contributed by atoms with van der Waals surface area (Å²) in [5.74, 6) is -0.00391. The van der Waals surface area contributed by atoms with Crippen molar-refractivity contribution in [2.24, 2.45) is 0 Å². The van der Waals surface area contributed by atoms with E-state index in [0.29, 0.717) is 29.2 Å². The van der Waals surface area contributed by atoms with Crippen molar-refractivity contribution in [2.75, 3.05) is 11.4 Å². The van der Waals surface area contributed by atoms with Gasteiger partial charge in [-0.05, 0) is 42.5 Å². The van der Waals surface area contributed by atoms with E-state index in [1.807, 2.05) is 23.1 Å². The molecule has 0 bridgehead atoms. The van der Waals surface area contributed by atoms with Gasteiger partial charge in [0, 0.05) is 24.2 Å². The molecule has 0 radical (unpaired) electrons. The Labute approximate surface area is 180 Å². The number of nitrogens with one attached hydrogen (secondary N) is 1. The number of benzene rings is 1. The second-order valence-corrected chi connectivity index (χ2v) is 7.65. The fourth-order valence-corrected chi connectivity index (χ4v) is 4.17. The fourth-order valence-electron chi connectivity index (χ4n) is 3.96. The number of halogens is 2. The molecule has 8 nitrogen and oxygen atoms in total. The van der Waals surface area contributed by atoms with Gasteiger partial charge < -0.3 is 14.3 Å². The summed E-state index contributed by atoms with van der Waals surface area (Å²) < 4.78 is 20.9. The number of H-pyrrole nitrogens is 1. The summed E-state index contributed by atoms with van der Waals surface area (Å²) in [6.07, 6.45) is 2.43. The molecule has 1 N–H and O–H groups in total. The molecule has 0 aliphatic carbocycles. The zero-order valence-corrected chi connectivity index (χ0v) is 16.8. The molecule has 0 amide bonds. The largest absolute Gasteiger partial charge is 0.403 e. The number of imidazole rings is 1. The molecule has 0 saturated heterocycles. The Morgan fingerprint density at radius 2 is 2.00 bits per heavy atom. The minimum absolute atomic E-state index is 0.319. The van der Waals surface area contributed by atoms with Crippen LogP contribution >= 0.6 is 11.6 Å². The van der Waals surface area contributed by atoms with E-state index in [0.717, 1.165) is 29.0 Å². The molecule has 154 valence electrons. The van der Waals surface area contributed by atoms with E-state index in [2.05, 4.69) is 20.2 Å². The molecular formula is C21H15ClFN7O. The lowest BCUT2D eigenvalue weighted by Crippen LogP contribution is -2.36. The van der Waals surface area contributed by atoms with Gasteiger partial charge in [0.15, 0.2) is 0 Å². The topological polar surface area (TPSA) is 88.1 Å². The molecule has 1 aliphatic rings. The van der Waals surface area contributed by atoms with Gasteiger partial charge >= 0.3 is 6.01 Å². The smallest absolute Gasteiger partial charge is 0.319 e. The first-order valence-corrected chi connectivity index (χ1v) is 10.1. The summed E-state index contributed by atoms with van der Waals surface area (Å²) in [5, 5.41) is 13.7. The van der Waals surface area contributed by atoms with Crippen molar-refractivity contribution in [1.29, 1.82) is 0 Å². The Bertz CT molecular complexity index is 1390. The van der Waals surface area contributed by atoms with Crippen LogP contribution in [0.25, 0.3) is 17.0 Å². The molecule has 5 heterocycles. The van der Waals surface area contributed by atoms with Crippen LogP contribution in [-0.4, -0.2) is 36.3 Å². The molecule has 0 spiro atoms. The maximum absolute atomic E-state index is 13.3. The minimum Gasteiger partial charge on any atom is -0.403 e. The van der Waals surface area contributed by atoms with Gasteiger partial charge in [0.1, 0.15) is 17.0 Å². The van der Waals surface area contributed by atoms with Crippen LogP contribution in [-0.2, 0) is 6.42 Å². The summed E-state index contributed by atoms with van der Waals surface area (Å²) in [5.41, 5.74) is 4.19. The van der Waals surface area contributed by atoms with Crippen LogP contribution in [0.4, 0.5) is 10.4 Å². The summed E-state index contributed by atoms with van der Waals surface area (Å²) in [6, 6.07) is 13.6. The Balaban J connectivity index is 1.44. The van der Waals surface area contributed by atoms with E-state index in [9.17, 15) is 4.39 Å². The second-order valence-electron chi connectivity index (χ2n) is 7.26. The number of aromatic nitrogens is 6. The van der Waals surface area contributed by atoms with Crippen LogP contribution in [0.3, 0.4) is 0 Å². The van der Waals surface area contributed by atoms with Crippen LogP contribution in [0.15, 0.2) is 59.3 Å². The average Bonchev–Trinajstić information content (AvgIpc) is 3.52. The van der Waals surface area contributed by atoms with Crippen LogP contribution in [0.5, 0.6) is 0 Å². The number of rotatable bonds is 3. The molecule has 0 fully saturated rings. The number of aromatic amines is 1. The number of pyridine rings is 1. The van der Waals surface area contributed by atoms with E-state index in [1.54, 1.807) is 29.0 Å². The standard InChI is InChI=1S/C21H15ClFN7O/c22-17-3-1-2-14-10-16(28-30(14)17)19-18-15(24-11-25-18)8-9-29(19)21-27-26-20(31-21)12-4-6-13(23)7-5-12/h1-7,10-11,19H,8-9H2,(H,24,25). The quantitative estimate of drug-likeness (QED) is 0.430. The van der Waals surface area contributed by atoms with Gasteiger partial charge in [-0.3, -0.25) is 0 Å². The molecule has 31 heavy (non-hydrogen) atoms. The van der Waals surface area contributed by atoms with Crippen LogP contribution in [0.1, 0.15) is 23.1 Å². The highest BCUT2D eigenvalue weighted by Gasteiger charge is 2.36. The molecule has 4 aromatic heterocycles. The first kappa shape index (κ1) is 18.1. The van der Waals surface area contributed by atoms with Crippen molar-refractivity contribution in [1.82, 2.24) is 29.8 Å². The van der Waals surface area contributed by atoms with Crippen LogP contribution in [0.2, 0.25) is 5.15 Å². The molecular weight excluding hydrogens is 421 g/mol. The maximum atomic E-state index is 13.3. The van der Waals surface area contributed by atoms with Crippen molar-refractivity contribution >= 4 is 23.1 Å². The summed E-state index contributed by atoms with van der Waals surface area (Å²) in [6.45, 7) is 0.631. The Hall–Kier alpha value is -3.72. The minimum atomic E-state index is -0.326. The molecule has 0 saturated carbocycles. The Morgan fingerprint density at radius 3 is 2.84 bits per heavy atom. The van der Waals surface area contributed by atoms with Gasteiger partial charge in [0.2, 0.25) is 5.89 Å². The number of hydrogen-bond acceptors (Lipinski definition) is 6. The number of fused-ring (bicyclic) bond motifs is 2. The van der Waals surface area contributed by atoms with Gasteiger partial charge in [-0.15, -0.1) is 5.10 Å². The molecule has 1 aliphatic heterocycles. The molecule has 1 unspecified atom stereocenters. The third-order valence-corrected chi connectivity index (χ3v) is 5.70. The van der Waals surface area contributed by atoms with E-state index >= 15 is 0 Å². The first-order chi connectivity index (χ1) is 15.2. The lowest BCUT2D eigenvalue weighted by molar-refractivity contribution is 0.503. The highest BCUT2D eigenvalue weighted by atomic mass is 35.5. The highest BCUT2D eigenvalue weighted by molar-refractivity contribution is 6.29. The average molecular weight is 436 g/mol. The Morgan fingerprint density at radius 1 is 1.13 bits per heavy atom. The summed E-state index contributed by atoms with van der Waals surface area (Å²) >= 11 is 6.32. The van der Waals surface area contributed by atoms with Crippen molar-refractivity contribution in [2.45, 2.75) is 12.5 Å². The SMILES string of the molecule is Fc1ccc(-c2nnc(N3CCc4[nH]cnc4C3c3cc4cccc(Cl)n4n3)o2)cc1. The lowest BCUT2D eigenvalue weighted by atomic mass is 10.0. The second kappa shape index (κ2) is 6.92. The van der Waals surface area contributed by atoms with Crippen molar-refractivity contribution in [3.8, 4) is 11.5 Å². The first-order valence-electron chi connectivity index (χ1n) is 9.70. The molecule has 10 heteroatoms. The van der Waals surface area contributed by atoms with Crippen molar-refractivity contribution in [3.63, 3.8) is 0 Å². The lowest BCUT2D eigenvalue weighted by Gasteiger charge is -2.32.